The van der Waals surface area contributed by atoms with Crippen LogP contribution in [-0.2, 0) is 6.42 Å². The SMILES string of the molecule is Cc1ccc(Cc2nc(-c3ncc(F)c(=O)[nH]3)cn3ccnc23)cc1. The molecular weight excluding hydrogens is 321 g/mol. The van der Waals surface area contributed by atoms with Crippen molar-refractivity contribution in [2.45, 2.75) is 13.3 Å². The number of hydrogen-bond donors (Lipinski definition) is 1. The number of halogens is 1. The largest absolute Gasteiger partial charge is 0.303 e. The molecule has 6 nitrogen and oxygen atoms in total. The Labute approximate surface area is 142 Å². The first-order valence-electron chi connectivity index (χ1n) is 7.73. The Bertz CT molecular complexity index is 1110. The number of benzene rings is 1. The first-order valence-corrected chi connectivity index (χ1v) is 7.73. The molecule has 25 heavy (non-hydrogen) atoms. The summed E-state index contributed by atoms with van der Waals surface area (Å²) in [6, 6.07) is 8.17. The van der Waals surface area contributed by atoms with Crippen LogP contribution in [0.25, 0.3) is 17.2 Å². The van der Waals surface area contributed by atoms with Gasteiger partial charge in [0.15, 0.2) is 11.5 Å². The van der Waals surface area contributed by atoms with Crippen molar-refractivity contribution >= 4 is 5.65 Å². The maximum atomic E-state index is 13.2. The van der Waals surface area contributed by atoms with E-state index in [4.69, 9.17) is 0 Å². The predicted octanol–water partition coefficient (Wildman–Crippen LogP) is 2.52. The molecule has 0 radical (unpaired) electrons. The lowest BCUT2D eigenvalue weighted by atomic mass is 10.1. The van der Waals surface area contributed by atoms with E-state index in [1.807, 2.05) is 35.6 Å². The summed E-state index contributed by atoms with van der Waals surface area (Å²) in [5.41, 5.74) is 3.39. The third kappa shape index (κ3) is 2.91. The van der Waals surface area contributed by atoms with Gasteiger partial charge >= 0.3 is 0 Å². The Morgan fingerprint density at radius 2 is 2.00 bits per heavy atom. The van der Waals surface area contributed by atoms with Gasteiger partial charge in [0.05, 0.1) is 11.9 Å². The Balaban J connectivity index is 1.83. The Kier molecular flexibility index (Phi) is 3.61. The molecule has 0 bridgehead atoms. The molecule has 124 valence electrons. The van der Waals surface area contributed by atoms with Gasteiger partial charge in [0.1, 0.15) is 5.69 Å². The molecule has 1 N–H and O–H groups in total. The van der Waals surface area contributed by atoms with Crippen LogP contribution in [-0.4, -0.2) is 24.3 Å². The number of aromatic amines is 1. The van der Waals surface area contributed by atoms with Gasteiger partial charge in [0, 0.05) is 25.0 Å². The molecule has 3 heterocycles. The minimum atomic E-state index is -0.924. The van der Waals surface area contributed by atoms with Crippen molar-refractivity contribution in [3.8, 4) is 11.5 Å². The molecule has 0 atom stereocenters. The highest BCUT2D eigenvalue weighted by Gasteiger charge is 2.12. The topological polar surface area (TPSA) is 75.9 Å². The van der Waals surface area contributed by atoms with Crippen LogP contribution in [0.15, 0.2) is 53.8 Å². The van der Waals surface area contributed by atoms with Crippen LogP contribution >= 0.6 is 0 Å². The number of imidazole rings is 1. The van der Waals surface area contributed by atoms with Crippen molar-refractivity contribution in [3.05, 3.63) is 82.0 Å². The van der Waals surface area contributed by atoms with Crippen LogP contribution in [0.5, 0.6) is 0 Å². The number of nitrogens with zero attached hydrogens (tertiary/aromatic N) is 4. The van der Waals surface area contributed by atoms with Gasteiger partial charge in [0.2, 0.25) is 5.82 Å². The normalized spacial score (nSPS) is 11.1. The summed E-state index contributed by atoms with van der Waals surface area (Å²) in [4.78, 5) is 26.8. The quantitative estimate of drug-likeness (QED) is 0.624. The molecule has 0 spiro atoms. The third-order valence-corrected chi connectivity index (χ3v) is 3.93. The molecule has 0 aliphatic carbocycles. The highest BCUT2D eigenvalue weighted by atomic mass is 19.1. The van der Waals surface area contributed by atoms with Gasteiger partial charge in [0.25, 0.3) is 5.56 Å². The van der Waals surface area contributed by atoms with E-state index in [0.29, 0.717) is 12.1 Å². The van der Waals surface area contributed by atoms with Gasteiger partial charge in [-0.05, 0) is 12.5 Å². The van der Waals surface area contributed by atoms with Crippen LogP contribution in [0.4, 0.5) is 4.39 Å². The molecule has 0 fully saturated rings. The molecular formula is C18H14FN5O. The summed E-state index contributed by atoms with van der Waals surface area (Å²) >= 11 is 0. The monoisotopic (exact) mass is 335 g/mol. The first kappa shape index (κ1) is 15.2. The molecule has 3 aromatic heterocycles. The van der Waals surface area contributed by atoms with Gasteiger partial charge in [-0.3, -0.25) is 4.79 Å². The zero-order valence-corrected chi connectivity index (χ0v) is 13.4. The minimum Gasteiger partial charge on any atom is -0.303 e. The second kappa shape index (κ2) is 5.94. The van der Waals surface area contributed by atoms with Crippen molar-refractivity contribution in [3.63, 3.8) is 0 Å². The highest BCUT2D eigenvalue weighted by Crippen LogP contribution is 2.18. The number of fused-ring (bicyclic) bond motifs is 1. The van der Waals surface area contributed by atoms with E-state index in [9.17, 15) is 9.18 Å². The molecule has 0 aliphatic heterocycles. The van der Waals surface area contributed by atoms with E-state index in [1.165, 1.54) is 5.56 Å². The molecule has 0 aliphatic rings. The lowest BCUT2D eigenvalue weighted by Crippen LogP contribution is -2.13. The maximum absolute atomic E-state index is 13.2. The standard InChI is InChI=1S/C18H14FN5O/c1-11-2-4-12(5-3-11)8-14-17-20-6-7-24(17)10-15(22-14)16-21-9-13(19)18(25)23-16/h2-7,9-10H,8H2,1H3,(H,21,23,25). The number of rotatable bonds is 3. The van der Waals surface area contributed by atoms with Crippen molar-refractivity contribution < 1.29 is 4.39 Å². The molecule has 0 unspecified atom stereocenters. The lowest BCUT2D eigenvalue weighted by Gasteiger charge is -2.08. The number of hydrogen-bond acceptors (Lipinski definition) is 4. The average molecular weight is 335 g/mol. The Hall–Kier alpha value is -3.35. The molecule has 7 heteroatoms. The van der Waals surface area contributed by atoms with E-state index in [-0.39, 0.29) is 5.82 Å². The number of nitrogens with one attached hydrogen (secondary N) is 1. The number of H-pyrrole nitrogens is 1. The van der Waals surface area contributed by atoms with Crippen LogP contribution in [0.1, 0.15) is 16.8 Å². The number of aromatic nitrogens is 5. The molecule has 0 saturated carbocycles. The fourth-order valence-electron chi connectivity index (χ4n) is 2.64. The van der Waals surface area contributed by atoms with Crippen LogP contribution < -0.4 is 5.56 Å². The second-order valence-electron chi connectivity index (χ2n) is 5.80. The zero-order valence-electron chi connectivity index (χ0n) is 13.4. The Morgan fingerprint density at radius 3 is 2.76 bits per heavy atom. The summed E-state index contributed by atoms with van der Waals surface area (Å²) in [6.45, 7) is 2.03. The predicted molar refractivity (Wildman–Crippen MR) is 90.8 cm³/mol. The van der Waals surface area contributed by atoms with E-state index >= 15 is 0 Å². The van der Waals surface area contributed by atoms with Gasteiger partial charge < -0.3 is 9.38 Å². The zero-order chi connectivity index (χ0) is 17.4. The molecule has 0 amide bonds. The van der Waals surface area contributed by atoms with E-state index in [1.54, 1.807) is 18.6 Å². The second-order valence-corrected chi connectivity index (χ2v) is 5.80. The summed E-state index contributed by atoms with van der Waals surface area (Å²) in [5, 5.41) is 0. The smallest absolute Gasteiger partial charge is 0.287 e. The fourth-order valence-corrected chi connectivity index (χ4v) is 2.64. The molecule has 0 saturated heterocycles. The van der Waals surface area contributed by atoms with E-state index in [2.05, 4.69) is 19.9 Å². The van der Waals surface area contributed by atoms with Gasteiger partial charge in [-0.1, -0.05) is 29.8 Å². The van der Waals surface area contributed by atoms with Gasteiger partial charge in [-0.15, -0.1) is 0 Å². The van der Waals surface area contributed by atoms with Crippen molar-refractivity contribution in [2.75, 3.05) is 0 Å². The van der Waals surface area contributed by atoms with Gasteiger partial charge in [-0.2, -0.15) is 4.39 Å². The molecule has 1 aromatic carbocycles. The molecule has 4 aromatic rings. The van der Waals surface area contributed by atoms with Crippen molar-refractivity contribution in [1.29, 1.82) is 0 Å². The van der Waals surface area contributed by atoms with Gasteiger partial charge in [-0.25, -0.2) is 15.0 Å². The van der Waals surface area contributed by atoms with Crippen LogP contribution in [0.3, 0.4) is 0 Å². The number of aryl methyl sites for hydroxylation is 1. The summed E-state index contributed by atoms with van der Waals surface area (Å²) in [7, 11) is 0. The fraction of sp³-hybridized carbons (Fsp3) is 0.111. The van der Waals surface area contributed by atoms with Crippen molar-refractivity contribution in [1.82, 2.24) is 24.3 Å². The minimum absolute atomic E-state index is 0.215. The van der Waals surface area contributed by atoms with E-state index in [0.717, 1.165) is 23.1 Å². The highest BCUT2D eigenvalue weighted by molar-refractivity contribution is 5.55. The van der Waals surface area contributed by atoms with Crippen LogP contribution in [0.2, 0.25) is 0 Å². The first-order chi connectivity index (χ1) is 12.1. The lowest BCUT2D eigenvalue weighted by molar-refractivity contribution is 0.601. The molecule has 4 rings (SSSR count). The Morgan fingerprint density at radius 1 is 1.20 bits per heavy atom. The van der Waals surface area contributed by atoms with E-state index < -0.39 is 11.4 Å². The maximum Gasteiger partial charge on any atom is 0.287 e. The average Bonchev–Trinajstić information content (AvgIpc) is 3.08. The third-order valence-electron chi connectivity index (χ3n) is 3.93. The summed E-state index contributed by atoms with van der Waals surface area (Å²) in [5.74, 6) is -0.709. The van der Waals surface area contributed by atoms with Crippen molar-refractivity contribution in [2.24, 2.45) is 0 Å². The summed E-state index contributed by atoms with van der Waals surface area (Å²) in [6.07, 6.45) is 6.66. The van der Waals surface area contributed by atoms with Crippen LogP contribution in [0, 0.1) is 12.7 Å². The summed E-state index contributed by atoms with van der Waals surface area (Å²) < 4.78 is 15.0.